The van der Waals surface area contributed by atoms with Crippen molar-refractivity contribution < 1.29 is 13.9 Å². The van der Waals surface area contributed by atoms with Crippen LogP contribution in [0.2, 0.25) is 0 Å². The third-order valence-corrected chi connectivity index (χ3v) is 4.09. The van der Waals surface area contributed by atoms with Gasteiger partial charge in [-0.15, -0.1) is 0 Å². The van der Waals surface area contributed by atoms with E-state index < -0.39 is 0 Å². The third-order valence-electron chi connectivity index (χ3n) is 4.09. The molecule has 3 rings (SSSR count). The second-order valence-corrected chi connectivity index (χ2v) is 6.50. The van der Waals surface area contributed by atoms with Crippen molar-refractivity contribution in [2.45, 2.75) is 13.3 Å². The second-order valence-electron chi connectivity index (χ2n) is 6.50. The van der Waals surface area contributed by atoms with Crippen LogP contribution in [0.15, 0.2) is 42.6 Å². The molecule has 0 radical (unpaired) electrons. The number of rotatable bonds is 4. The number of carbonyl (C=O) groups excluding carboxylic acids is 1. The van der Waals surface area contributed by atoms with Crippen LogP contribution >= 0.6 is 0 Å². The zero-order valence-corrected chi connectivity index (χ0v) is 14.0. The van der Waals surface area contributed by atoms with E-state index in [9.17, 15) is 9.18 Å². The van der Waals surface area contributed by atoms with Crippen molar-refractivity contribution in [2.24, 2.45) is 5.41 Å². The molecule has 1 N–H and O–H groups in total. The number of benzene rings is 1. The van der Waals surface area contributed by atoms with Gasteiger partial charge in [0.05, 0.1) is 13.2 Å². The summed E-state index contributed by atoms with van der Waals surface area (Å²) in [6.07, 6.45) is 2.43. The average Bonchev–Trinajstić information content (AvgIpc) is 2.59. The van der Waals surface area contributed by atoms with Crippen molar-refractivity contribution in [3.8, 4) is 11.8 Å². The summed E-state index contributed by atoms with van der Waals surface area (Å²) < 4.78 is 18.3. The molecule has 25 heavy (non-hydrogen) atoms. The van der Waals surface area contributed by atoms with E-state index in [0.29, 0.717) is 23.4 Å². The van der Waals surface area contributed by atoms with Crippen LogP contribution in [0.5, 0.6) is 0 Å². The van der Waals surface area contributed by atoms with Crippen molar-refractivity contribution >= 4 is 5.91 Å². The molecule has 1 fully saturated rings. The first-order valence-corrected chi connectivity index (χ1v) is 8.14. The van der Waals surface area contributed by atoms with Gasteiger partial charge in [-0.2, -0.15) is 0 Å². The number of hydrogen-bond donors (Lipinski definition) is 1. The van der Waals surface area contributed by atoms with Crippen LogP contribution in [0.3, 0.4) is 0 Å². The standard InChI is InChI=1S/C20H19FN2O2/c1-20(13-25-14-20)9-10-22-19(24)18-8-7-16(12-23-18)6-5-15-3-2-4-17(21)11-15/h2-4,7-8,11-12H,9-10,13-14H2,1H3,(H,22,24). The maximum Gasteiger partial charge on any atom is 0.269 e. The van der Waals surface area contributed by atoms with Crippen LogP contribution in [0, 0.1) is 23.1 Å². The van der Waals surface area contributed by atoms with Gasteiger partial charge in [0.1, 0.15) is 11.5 Å². The smallest absolute Gasteiger partial charge is 0.269 e. The molecule has 1 aromatic carbocycles. The first kappa shape index (κ1) is 17.1. The number of nitrogens with one attached hydrogen (secondary N) is 1. The van der Waals surface area contributed by atoms with Gasteiger partial charge < -0.3 is 10.1 Å². The Morgan fingerprint density at radius 1 is 1.28 bits per heavy atom. The van der Waals surface area contributed by atoms with Crippen LogP contribution in [0.25, 0.3) is 0 Å². The number of pyridine rings is 1. The number of carbonyl (C=O) groups is 1. The number of aromatic nitrogens is 1. The summed E-state index contributed by atoms with van der Waals surface area (Å²) in [5.74, 6) is 5.26. The summed E-state index contributed by atoms with van der Waals surface area (Å²) in [5.41, 5.74) is 1.79. The fourth-order valence-electron chi connectivity index (χ4n) is 2.48. The summed E-state index contributed by atoms with van der Waals surface area (Å²) in [6, 6.07) is 9.46. The first-order valence-electron chi connectivity index (χ1n) is 8.14. The van der Waals surface area contributed by atoms with E-state index in [4.69, 9.17) is 4.74 Å². The van der Waals surface area contributed by atoms with E-state index in [1.165, 1.54) is 12.1 Å². The highest BCUT2D eigenvalue weighted by Gasteiger charge is 2.32. The molecule has 0 saturated carbocycles. The zero-order chi connectivity index (χ0) is 17.7. The van der Waals surface area contributed by atoms with Crippen LogP contribution in [0.4, 0.5) is 4.39 Å². The van der Waals surface area contributed by atoms with Crippen molar-refractivity contribution in [1.82, 2.24) is 10.3 Å². The fourth-order valence-corrected chi connectivity index (χ4v) is 2.48. The summed E-state index contributed by atoms with van der Waals surface area (Å²) >= 11 is 0. The van der Waals surface area contributed by atoms with Gasteiger partial charge in [-0.05, 0) is 36.8 Å². The van der Waals surface area contributed by atoms with E-state index in [0.717, 1.165) is 19.6 Å². The van der Waals surface area contributed by atoms with Gasteiger partial charge in [-0.25, -0.2) is 9.37 Å². The molecule has 1 aromatic heterocycles. The van der Waals surface area contributed by atoms with Crippen molar-refractivity contribution in [3.05, 3.63) is 65.2 Å². The van der Waals surface area contributed by atoms with Gasteiger partial charge in [0.25, 0.3) is 5.91 Å². The van der Waals surface area contributed by atoms with Gasteiger partial charge in [0.2, 0.25) is 0 Å². The SMILES string of the molecule is CC1(CCNC(=O)c2ccc(C#Cc3cccc(F)c3)cn2)COC1. The Labute approximate surface area is 146 Å². The Morgan fingerprint density at radius 2 is 2.08 bits per heavy atom. The van der Waals surface area contributed by atoms with Crippen molar-refractivity contribution in [3.63, 3.8) is 0 Å². The summed E-state index contributed by atoms with van der Waals surface area (Å²) in [6.45, 7) is 4.24. The van der Waals surface area contributed by atoms with Crippen LogP contribution < -0.4 is 5.32 Å². The van der Waals surface area contributed by atoms with Gasteiger partial charge in [0.15, 0.2) is 0 Å². The third kappa shape index (κ3) is 4.65. The number of nitrogens with zero attached hydrogens (tertiary/aromatic N) is 1. The Hall–Kier alpha value is -2.71. The normalized spacial score (nSPS) is 14.8. The summed E-state index contributed by atoms with van der Waals surface area (Å²) in [5, 5.41) is 2.87. The van der Waals surface area contributed by atoms with Crippen LogP contribution in [-0.4, -0.2) is 30.6 Å². The molecule has 1 amide bonds. The van der Waals surface area contributed by atoms with Crippen molar-refractivity contribution in [2.75, 3.05) is 19.8 Å². The highest BCUT2D eigenvalue weighted by Crippen LogP contribution is 2.29. The minimum absolute atomic E-state index is 0.178. The van der Waals surface area contributed by atoms with Gasteiger partial charge >= 0.3 is 0 Å². The highest BCUT2D eigenvalue weighted by atomic mass is 19.1. The van der Waals surface area contributed by atoms with Gasteiger partial charge in [-0.1, -0.05) is 24.8 Å². The van der Waals surface area contributed by atoms with E-state index in [2.05, 4.69) is 29.1 Å². The fraction of sp³-hybridized carbons (Fsp3) is 0.300. The molecule has 4 nitrogen and oxygen atoms in total. The van der Waals surface area contributed by atoms with Crippen LogP contribution in [-0.2, 0) is 4.74 Å². The van der Waals surface area contributed by atoms with E-state index in [1.807, 2.05) is 0 Å². The molecule has 1 aliphatic heterocycles. The lowest BCUT2D eigenvalue weighted by Crippen LogP contribution is -2.42. The molecule has 5 heteroatoms. The monoisotopic (exact) mass is 338 g/mol. The maximum atomic E-state index is 13.1. The Bertz CT molecular complexity index is 818. The molecule has 0 atom stereocenters. The lowest BCUT2D eigenvalue weighted by molar-refractivity contribution is -0.104. The largest absolute Gasteiger partial charge is 0.380 e. The predicted molar refractivity (Wildman–Crippen MR) is 92.5 cm³/mol. The average molecular weight is 338 g/mol. The minimum Gasteiger partial charge on any atom is -0.380 e. The molecule has 0 aliphatic carbocycles. The molecule has 0 bridgehead atoms. The molecule has 1 aliphatic rings. The Morgan fingerprint density at radius 3 is 2.72 bits per heavy atom. The Balaban J connectivity index is 1.55. The molecule has 2 heterocycles. The lowest BCUT2D eigenvalue weighted by Gasteiger charge is -2.38. The number of halogens is 1. The zero-order valence-electron chi connectivity index (χ0n) is 14.0. The molecule has 0 unspecified atom stereocenters. The number of amides is 1. The lowest BCUT2D eigenvalue weighted by atomic mass is 9.85. The topological polar surface area (TPSA) is 51.2 Å². The van der Waals surface area contributed by atoms with Gasteiger partial charge in [-0.3, -0.25) is 4.79 Å². The highest BCUT2D eigenvalue weighted by molar-refractivity contribution is 5.92. The molecule has 0 spiro atoms. The Kier molecular flexibility index (Phi) is 5.11. The van der Waals surface area contributed by atoms with E-state index >= 15 is 0 Å². The molecule has 128 valence electrons. The van der Waals surface area contributed by atoms with Crippen LogP contribution in [0.1, 0.15) is 35.0 Å². The maximum absolute atomic E-state index is 13.1. The minimum atomic E-state index is -0.320. The number of ether oxygens (including phenoxy) is 1. The second kappa shape index (κ2) is 7.45. The van der Waals surface area contributed by atoms with E-state index in [1.54, 1.807) is 30.5 Å². The van der Waals surface area contributed by atoms with Gasteiger partial charge in [0, 0.05) is 29.3 Å². The molecular formula is C20H19FN2O2. The number of hydrogen-bond acceptors (Lipinski definition) is 3. The quantitative estimate of drug-likeness (QED) is 0.872. The first-order chi connectivity index (χ1) is 12.0. The summed E-state index contributed by atoms with van der Waals surface area (Å²) in [4.78, 5) is 16.2. The predicted octanol–water partition coefficient (Wildman–Crippen LogP) is 2.78. The summed E-state index contributed by atoms with van der Waals surface area (Å²) in [7, 11) is 0. The molecular weight excluding hydrogens is 319 g/mol. The van der Waals surface area contributed by atoms with Crippen molar-refractivity contribution in [1.29, 1.82) is 0 Å². The van der Waals surface area contributed by atoms with E-state index in [-0.39, 0.29) is 17.1 Å². The molecule has 2 aromatic rings. The molecule has 1 saturated heterocycles.